The lowest BCUT2D eigenvalue weighted by Gasteiger charge is -2.33. The lowest BCUT2D eigenvalue weighted by atomic mass is 9.52. The SMILES string of the molecule is CCB(SC(C)(C)CC)C(C)(C)C. The molecule has 13 heavy (non-hydrogen) atoms. The second kappa shape index (κ2) is 4.77. The van der Waals surface area contributed by atoms with Gasteiger partial charge in [-0.05, 0) is 11.7 Å². The molecule has 0 saturated carbocycles. The molecule has 78 valence electrons. The fourth-order valence-electron chi connectivity index (χ4n) is 1.34. The molecule has 0 aromatic rings. The lowest BCUT2D eigenvalue weighted by Crippen LogP contribution is -2.28. The topological polar surface area (TPSA) is 0 Å². The van der Waals surface area contributed by atoms with Gasteiger partial charge < -0.3 is 0 Å². The first-order chi connectivity index (χ1) is 5.73. The summed E-state index contributed by atoms with van der Waals surface area (Å²) in [5, 5.41) is 0.436. The number of rotatable bonds is 4. The molecule has 0 aromatic heterocycles. The van der Waals surface area contributed by atoms with E-state index in [1.165, 1.54) is 12.7 Å². The van der Waals surface area contributed by atoms with E-state index in [-0.39, 0.29) is 0 Å². The van der Waals surface area contributed by atoms with Crippen molar-refractivity contribution in [1.82, 2.24) is 0 Å². The summed E-state index contributed by atoms with van der Waals surface area (Å²) in [6.07, 6.45) is 2.53. The van der Waals surface area contributed by atoms with Crippen LogP contribution in [0.25, 0.3) is 0 Å². The third kappa shape index (κ3) is 5.00. The van der Waals surface area contributed by atoms with Crippen LogP contribution in [0.1, 0.15) is 54.9 Å². The van der Waals surface area contributed by atoms with E-state index in [4.69, 9.17) is 0 Å². The quantitative estimate of drug-likeness (QED) is 0.591. The van der Waals surface area contributed by atoms with Gasteiger partial charge in [-0.3, -0.25) is 0 Å². The average Bonchev–Trinajstić information content (AvgIpc) is 1.98. The van der Waals surface area contributed by atoms with Gasteiger partial charge in [0.05, 0.1) is 0 Å². The van der Waals surface area contributed by atoms with E-state index < -0.39 is 0 Å². The van der Waals surface area contributed by atoms with Gasteiger partial charge in [0.15, 0.2) is 0 Å². The molecular weight excluding hydrogens is 175 g/mol. The predicted octanol–water partition coefficient (Wildman–Crippen LogP) is 4.72. The van der Waals surface area contributed by atoms with Gasteiger partial charge in [0, 0.05) is 4.75 Å². The van der Waals surface area contributed by atoms with Crippen molar-refractivity contribution in [3.8, 4) is 0 Å². The molecule has 0 saturated heterocycles. The van der Waals surface area contributed by atoms with Crippen LogP contribution in [0.15, 0.2) is 0 Å². The summed E-state index contributed by atoms with van der Waals surface area (Å²) in [7, 11) is 0. The Hall–Kier alpha value is 0.415. The highest BCUT2D eigenvalue weighted by Crippen LogP contribution is 2.42. The van der Waals surface area contributed by atoms with Crippen LogP contribution in [0.3, 0.4) is 0 Å². The van der Waals surface area contributed by atoms with Crippen LogP contribution in [0.5, 0.6) is 0 Å². The second-order valence-electron chi connectivity index (χ2n) is 5.49. The van der Waals surface area contributed by atoms with E-state index in [0.29, 0.717) is 10.1 Å². The second-order valence-corrected chi connectivity index (χ2v) is 7.40. The Morgan fingerprint density at radius 1 is 1.00 bits per heavy atom. The van der Waals surface area contributed by atoms with E-state index in [9.17, 15) is 0 Å². The summed E-state index contributed by atoms with van der Waals surface area (Å²) in [6.45, 7) is 16.3. The normalized spacial score (nSPS) is 13.2. The van der Waals surface area contributed by atoms with Crippen LogP contribution < -0.4 is 0 Å². The van der Waals surface area contributed by atoms with Gasteiger partial charge in [-0.25, -0.2) is 11.6 Å². The lowest BCUT2D eigenvalue weighted by molar-refractivity contribution is 0.685. The molecule has 0 aliphatic heterocycles. The fraction of sp³-hybridized carbons (Fsp3) is 1.00. The molecule has 0 aliphatic rings. The largest absolute Gasteiger partial charge is 0.215 e. The van der Waals surface area contributed by atoms with Crippen LogP contribution >= 0.6 is 11.6 Å². The molecule has 0 aliphatic carbocycles. The van der Waals surface area contributed by atoms with E-state index in [1.807, 2.05) is 0 Å². The summed E-state index contributed by atoms with van der Waals surface area (Å²) >= 11 is 2.15. The molecule has 0 unspecified atom stereocenters. The standard InChI is InChI=1S/C11H25BS/c1-8-11(6,7)13-12(9-2)10(3,4)5/h8-9H2,1-7H3. The molecule has 0 N–H and O–H groups in total. The van der Waals surface area contributed by atoms with Crippen molar-refractivity contribution in [3.63, 3.8) is 0 Å². The smallest absolute Gasteiger partial charge is 0.203 e. The number of hydrogen-bond donors (Lipinski definition) is 0. The Bertz CT molecular complexity index is 147. The van der Waals surface area contributed by atoms with E-state index in [0.717, 1.165) is 5.99 Å². The maximum atomic E-state index is 2.35. The fourth-order valence-corrected chi connectivity index (χ4v) is 2.80. The first-order valence-electron chi connectivity index (χ1n) is 5.40. The maximum absolute atomic E-state index is 2.35. The third-order valence-corrected chi connectivity index (χ3v) is 4.90. The molecule has 0 aromatic carbocycles. The third-order valence-electron chi connectivity index (χ3n) is 2.65. The molecule has 0 fully saturated rings. The van der Waals surface area contributed by atoms with Crippen molar-refractivity contribution < 1.29 is 0 Å². The highest BCUT2D eigenvalue weighted by molar-refractivity contribution is 8.26. The zero-order chi connectivity index (χ0) is 10.7. The van der Waals surface area contributed by atoms with Crippen molar-refractivity contribution in [2.24, 2.45) is 0 Å². The molecule has 0 amide bonds. The molecule has 2 heteroatoms. The Balaban J connectivity index is 4.30. The Kier molecular flexibility index (Phi) is 4.92. The zero-order valence-electron chi connectivity index (χ0n) is 10.4. The van der Waals surface area contributed by atoms with Crippen molar-refractivity contribution in [2.45, 2.75) is 71.3 Å². The Morgan fingerprint density at radius 3 is 1.69 bits per heavy atom. The molecule has 0 bridgehead atoms. The van der Waals surface area contributed by atoms with Crippen molar-refractivity contribution in [1.29, 1.82) is 0 Å². The van der Waals surface area contributed by atoms with Crippen molar-refractivity contribution >= 4 is 17.6 Å². The van der Waals surface area contributed by atoms with Crippen LogP contribution in [-0.4, -0.2) is 10.7 Å². The highest BCUT2D eigenvalue weighted by Gasteiger charge is 2.32. The Morgan fingerprint density at radius 2 is 1.46 bits per heavy atom. The van der Waals surface area contributed by atoms with E-state index in [1.54, 1.807) is 0 Å². The van der Waals surface area contributed by atoms with Gasteiger partial charge in [0.1, 0.15) is 0 Å². The molecular formula is C11H25BS. The summed E-state index contributed by atoms with van der Waals surface area (Å²) in [4.78, 5) is 0. The Labute approximate surface area is 89.2 Å². The van der Waals surface area contributed by atoms with Crippen LogP contribution in [0, 0.1) is 0 Å². The van der Waals surface area contributed by atoms with Gasteiger partial charge in [0.25, 0.3) is 0 Å². The minimum absolute atomic E-state index is 0.436. The molecule has 0 atom stereocenters. The zero-order valence-corrected chi connectivity index (χ0v) is 11.2. The summed E-state index contributed by atoms with van der Waals surface area (Å²) < 4.78 is 0.438. The van der Waals surface area contributed by atoms with Crippen molar-refractivity contribution in [2.75, 3.05) is 0 Å². The number of hydrogen-bond acceptors (Lipinski definition) is 1. The van der Waals surface area contributed by atoms with Crippen molar-refractivity contribution in [3.05, 3.63) is 0 Å². The predicted molar refractivity (Wildman–Crippen MR) is 67.9 cm³/mol. The maximum Gasteiger partial charge on any atom is 0.215 e. The summed E-state index contributed by atoms with van der Waals surface area (Å²) in [5.74, 6) is 0.780. The first-order valence-corrected chi connectivity index (χ1v) is 6.28. The molecule has 0 spiro atoms. The summed E-state index contributed by atoms with van der Waals surface area (Å²) in [6, 6.07) is 0. The molecule has 0 nitrogen and oxygen atoms in total. The van der Waals surface area contributed by atoms with Crippen LogP contribution in [-0.2, 0) is 0 Å². The minimum Gasteiger partial charge on any atom is -0.203 e. The summed E-state index contributed by atoms with van der Waals surface area (Å²) in [5.41, 5.74) is 0. The molecule has 0 heterocycles. The molecule has 0 radical (unpaired) electrons. The minimum atomic E-state index is 0.436. The van der Waals surface area contributed by atoms with Gasteiger partial charge >= 0.3 is 0 Å². The van der Waals surface area contributed by atoms with Gasteiger partial charge in [-0.1, -0.05) is 54.8 Å². The van der Waals surface area contributed by atoms with Gasteiger partial charge in [0.2, 0.25) is 5.99 Å². The molecule has 0 rings (SSSR count). The van der Waals surface area contributed by atoms with Gasteiger partial charge in [-0.2, -0.15) is 0 Å². The van der Waals surface area contributed by atoms with Crippen LogP contribution in [0.2, 0.25) is 11.6 Å². The van der Waals surface area contributed by atoms with Gasteiger partial charge in [-0.15, -0.1) is 0 Å². The monoisotopic (exact) mass is 200 g/mol. The first kappa shape index (κ1) is 13.4. The highest BCUT2D eigenvalue weighted by atomic mass is 32.2. The van der Waals surface area contributed by atoms with E-state index in [2.05, 4.69) is 60.1 Å². The average molecular weight is 200 g/mol. The van der Waals surface area contributed by atoms with E-state index >= 15 is 0 Å². The van der Waals surface area contributed by atoms with Crippen LogP contribution in [0.4, 0.5) is 0 Å².